The molecule has 11 heteroatoms. The van der Waals surface area contributed by atoms with Gasteiger partial charge in [0, 0.05) is 66.8 Å². The van der Waals surface area contributed by atoms with E-state index >= 15 is 0 Å². The van der Waals surface area contributed by atoms with Crippen molar-refractivity contribution in [3.63, 3.8) is 0 Å². The highest BCUT2D eigenvalue weighted by Gasteiger charge is 2.12. The second-order valence-electron chi connectivity index (χ2n) is 10.8. The van der Waals surface area contributed by atoms with Crippen molar-refractivity contribution >= 4 is 51.7 Å². The summed E-state index contributed by atoms with van der Waals surface area (Å²) in [6.45, 7) is 6.08. The first-order valence-electron chi connectivity index (χ1n) is 14.7. The summed E-state index contributed by atoms with van der Waals surface area (Å²) in [7, 11) is 0. The Hall–Kier alpha value is -5.52. The zero-order valence-electron chi connectivity index (χ0n) is 25.8. The number of nitrogens with zero attached hydrogens (tertiary/aromatic N) is 4. The number of nitro benzene ring substituents is 1. The molecule has 0 fully saturated rings. The van der Waals surface area contributed by atoms with Crippen LogP contribution in [0.15, 0.2) is 123 Å². The van der Waals surface area contributed by atoms with E-state index in [1.807, 2.05) is 73.8 Å². The minimum atomic E-state index is -0.401. The van der Waals surface area contributed by atoms with Gasteiger partial charge < -0.3 is 9.88 Å². The van der Waals surface area contributed by atoms with Gasteiger partial charge in [-0.2, -0.15) is 5.10 Å². The van der Waals surface area contributed by atoms with Gasteiger partial charge in [-0.25, -0.2) is 10.4 Å². The molecule has 234 valence electrons. The summed E-state index contributed by atoms with van der Waals surface area (Å²) in [6, 6.07) is 32.1. The average Bonchev–Trinajstić information content (AvgIpc) is 3.66. The van der Waals surface area contributed by atoms with Crippen LogP contribution in [0.4, 0.5) is 16.5 Å². The van der Waals surface area contributed by atoms with E-state index in [-0.39, 0.29) is 11.6 Å². The lowest BCUT2D eigenvalue weighted by Gasteiger charge is -2.10. The number of non-ortho nitro benzene ring substituents is 1. The minimum absolute atomic E-state index is 0.0741. The highest BCUT2D eigenvalue weighted by Crippen LogP contribution is 2.31. The fourth-order valence-electron chi connectivity index (χ4n) is 4.99. The lowest BCUT2D eigenvalue weighted by atomic mass is 10.1. The van der Waals surface area contributed by atoms with Crippen LogP contribution < -0.4 is 10.7 Å². The Balaban J connectivity index is 1.06. The Morgan fingerprint density at radius 3 is 2.23 bits per heavy atom. The normalized spacial score (nSPS) is 11.1. The van der Waals surface area contributed by atoms with E-state index in [9.17, 15) is 14.9 Å². The van der Waals surface area contributed by atoms with Gasteiger partial charge in [0.1, 0.15) is 0 Å². The number of hydrogen-bond donors (Lipinski definition) is 2. The topological polar surface area (TPSA) is 114 Å². The summed E-state index contributed by atoms with van der Waals surface area (Å²) in [5.41, 5.74) is 11.0. The molecule has 6 rings (SSSR count). The number of nitrogens with one attached hydrogen (secondary N) is 2. The van der Waals surface area contributed by atoms with Crippen LogP contribution in [0.25, 0.3) is 16.9 Å². The molecular weight excluding hydrogens is 629 g/mol. The van der Waals surface area contributed by atoms with Gasteiger partial charge in [0.05, 0.1) is 16.8 Å². The van der Waals surface area contributed by atoms with E-state index in [1.54, 1.807) is 30.5 Å². The van der Waals surface area contributed by atoms with Crippen molar-refractivity contribution in [2.45, 2.75) is 30.6 Å². The highest BCUT2D eigenvalue weighted by atomic mass is 32.2. The average molecular weight is 659 g/mol. The summed E-state index contributed by atoms with van der Waals surface area (Å²) in [5, 5.41) is 21.3. The van der Waals surface area contributed by atoms with Crippen LogP contribution in [0.3, 0.4) is 0 Å². The molecule has 0 bridgehead atoms. The molecule has 4 aromatic carbocycles. The molecule has 6 aromatic rings. The number of aryl methyl sites for hydroxylation is 2. The van der Waals surface area contributed by atoms with Gasteiger partial charge in [-0.3, -0.25) is 14.9 Å². The Morgan fingerprint density at radius 2 is 1.57 bits per heavy atom. The number of nitro groups is 1. The summed E-state index contributed by atoms with van der Waals surface area (Å²) in [6.07, 6.45) is 1.65. The third-order valence-electron chi connectivity index (χ3n) is 7.47. The van der Waals surface area contributed by atoms with E-state index in [4.69, 9.17) is 0 Å². The number of aromatic nitrogens is 2. The lowest BCUT2D eigenvalue weighted by molar-refractivity contribution is -0.384. The maximum atomic E-state index is 12.8. The number of thiazole rings is 1. The molecule has 0 saturated carbocycles. The standard InChI is InChI=1S/C36H30N6O3S2/c1-23-4-10-29(11-5-23)38-36-39-34(22-46-36)26-6-8-27(9-7-26)35(43)40-37-21-28-20-24(2)41(25(28)3)30-12-16-32(17-13-30)47-33-18-14-31(15-19-33)42(44)45/h4-22H,1-3H3,(H,38,39)(H,40,43)/b37-21-. The molecule has 0 radical (unpaired) electrons. The van der Waals surface area contributed by atoms with Gasteiger partial charge in [-0.15, -0.1) is 11.3 Å². The van der Waals surface area contributed by atoms with Crippen LogP contribution in [0.1, 0.15) is 32.9 Å². The fraction of sp³-hybridized carbons (Fsp3) is 0.0833. The molecule has 2 heterocycles. The van der Waals surface area contributed by atoms with Crippen molar-refractivity contribution in [2.24, 2.45) is 5.10 Å². The van der Waals surface area contributed by atoms with Gasteiger partial charge in [0.25, 0.3) is 11.6 Å². The monoisotopic (exact) mass is 658 g/mol. The fourth-order valence-corrected chi connectivity index (χ4v) is 6.55. The molecule has 0 unspecified atom stereocenters. The largest absolute Gasteiger partial charge is 0.332 e. The third kappa shape index (κ3) is 7.49. The molecule has 47 heavy (non-hydrogen) atoms. The van der Waals surface area contributed by atoms with E-state index in [0.29, 0.717) is 5.56 Å². The smallest absolute Gasteiger partial charge is 0.271 e. The first-order chi connectivity index (χ1) is 22.7. The predicted molar refractivity (Wildman–Crippen MR) is 190 cm³/mol. The minimum Gasteiger partial charge on any atom is -0.332 e. The number of benzene rings is 4. The van der Waals surface area contributed by atoms with Crippen molar-refractivity contribution in [3.8, 4) is 16.9 Å². The molecule has 9 nitrogen and oxygen atoms in total. The molecule has 1 amide bonds. The molecule has 0 aliphatic carbocycles. The number of rotatable bonds is 10. The Bertz CT molecular complexity index is 2070. The van der Waals surface area contributed by atoms with Crippen LogP contribution in [-0.4, -0.2) is 26.6 Å². The van der Waals surface area contributed by atoms with Gasteiger partial charge >= 0.3 is 0 Å². The van der Waals surface area contributed by atoms with Gasteiger partial charge in [-0.1, -0.05) is 41.6 Å². The number of hydrogen-bond acceptors (Lipinski definition) is 8. The second kappa shape index (κ2) is 13.9. The quantitative estimate of drug-likeness (QED) is 0.0862. The summed E-state index contributed by atoms with van der Waals surface area (Å²) >= 11 is 3.07. The maximum Gasteiger partial charge on any atom is 0.271 e. The summed E-state index contributed by atoms with van der Waals surface area (Å²) < 4.78 is 2.13. The van der Waals surface area contributed by atoms with E-state index in [2.05, 4.69) is 44.5 Å². The van der Waals surface area contributed by atoms with Crippen LogP contribution in [0.5, 0.6) is 0 Å². The van der Waals surface area contributed by atoms with Crippen LogP contribution in [-0.2, 0) is 0 Å². The molecule has 0 aliphatic heterocycles. The number of anilines is 2. The van der Waals surface area contributed by atoms with Crippen molar-refractivity contribution in [3.05, 3.63) is 147 Å². The van der Waals surface area contributed by atoms with Crippen molar-refractivity contribution in [2.75, 3.05) is 5.32 Å². The Kier molecular flexibility index (Phi) is 9.28. The Morgan fingerprint density at radius 1 is 0.915 bits per heavy atom. The van der Waals surface area contributed by atoms with E-state index in [0.717, 1.165) is 54.5 Å². The molecule has 0 saturated heterocycles. The number of carbonyl (C=O) groups excluding carboxylic acids is 1. The second-order valence-corrected chi connectivity index (χ2v) is 12.8. The summed E-state index contributed by atoms with van der Waals surface area (Å²) in [5.74, 6) is -0.303. The maximum absolute atomic E-state index is 12.8. The molecule has 0 spiro atoms. The predicted octanol–water partition coefficient (Wildman–Crippen LogP) is 9.09. The van der Waals surface area contributed by atoms with Gasteiger partial charge in [-0.05, 0) is 87.5 Å². The van der Waals surface area contributed by atoms with Crippen molar-refractivity contribution < 1.29 is 9.72 Å². The summed E-state index contributed by atoms with van der Waals surface area (Å²) in [4.78, 5) is 30.0. The molecule has 2 N–H and O–H groups in total. The zero-order valence-corrected chi connectivity index (χ0v) is 27.4. The first kappa shape index (κ1) is 31.5. The van der Waals surface area contributed by atoms with Crippen LogP contribution in [0, 0.1) is 30.9 Å². The molecule has 2 aromatic heterocycles. The number of carbonyl (C=O) groups is 1. The lowest BCUT2D eigenvalue weighted by Crippen LogP contribution is -2.17. The van der Waals surface area contributed by atoms with Crippen LogP contribution in [0.2, 0.25) is 0 Å². The van der Waals surface area contributed by atoms with E-state index in [1.165, 1.54) is 40.8 Å². The number of hydrazone groups is 1. The first-order valence-corrected chi connectivity index (χ1v) is 16.4. The SMILES string of the molecule is Cc1ccc(Nc2nc(-c3ccc(C(=O)N/N=C\c4cc(C)n(-c5ccc(Sc6ccc([N+](=O)[O-])cc6)cc5)c4C)cc3)cs2)cc1. The molecular formula is C36H30N6O3S2. The van der Waals surface area contributed by atoms with Crippen molar-refractivity contribution in [1.82, 2.24) is 15.0 Å². The van der Waals surface area contributed by atoms with Gasteiger partial charge in [0.15, 0.2) is 5.13 Å². The Labute approximate surface area is 280 Å². The third-order valence-corrected chi connectivity index (χ3v) is 9.24. The highest BCUT2D eigenvalue weighted by molar-refractivity contribution is 7.99. The zero-order chi connectivity index (χ0) is 32.9. The molecule has 0 atom stereocenters. The van der Waals surface area contributed by atoms with Crippen molar-refractivity contribution in [1.29, 1.82) is 0 Å². The van der Waals surface area contributed by atoms with E-state index < -0.39 is 4.92 Å². The van der Waals surface area contributed by atoms with Crippen LogP contribution >= 0.6 is 23.1 Å². The number of amides is 1. The molecule has 0 aliphatic rings. The van der Waals surface area contributed by atoms with Gasteiger partial charge in [0.2, 0.25) is 0 Å².